The summed E-state index contributed by atoms with van der Waals surface area (Å²) < 4.78 is 19.0. The summed E-state index contributed by atoms with van der Waals surface area (Å²) in [6, 6.07) is 4.84. The van der Waals surface area contributed by atoms with Crippen LogP contribution < -0.4 is 5.73 Å². The van der Waals surface area contributed by atoms with E-state index >= 15 is 0 Å². The van der Waals surface area contributed by atoms with Crippen molar-refractivity contribution in [2.75, 3.05) is 26.8 Å². The average molecular weight is 296 g/mol. The van der Waals surface area contributed by atoms with Crippen LogP contribution in [0.3, 0.4) is 0 Å². The van der Waals surface area contributed by atoms with Gasteiger partial charge < -0.3 is 10.5 Å². The number of ether oxygens (including phenoxy) is 1. The third-order valence-electron chi connectivity index (χ3n) is 3.83. The summed E-state index contributed by atoms with van der Waals surface area (Å²) in [7, 11) is 1.74. The third kappa shape index (κ3) is 3.98. The van der Waals surface area contributed by atoms with Crippen molar-refractivity contribution >= 4 is 17.2 Å². The molecule has 5 heteroatoms. The van der Waals surface area contributed by atoms with E-state index in [0.717, 1.165) is 38.1 Å². The van der Waals surface area contributed by atoms with Crippen LogP contribution in [0.2, 0.25) is 0 Å². The lowest BCUT2D eigenvalue weighted by atomic mass is 9.97. The van der Waals surface area contributed by atoms with E-state index in [1.54, 1.807) is 19.2 Å². The molecule has 1 aliphatic rings. The van der Waals surface area contributed by atoms with Crippen LogP contribution in [-0.4, -0.2) is 36.7 Å². The van der Waals surface area contributed by atoms with Gasteiger partial charge in [-0.05, 0) is 50.0 Å². The Labute approximate surface area is 124 Å². The zero-order chi connectivity index (χ0) is 14.5. The van der Waals surface area contributed by atoms with E-state index < -0.39 is 0 Å². The second-order valence-corrected chi connectivity index (χ2v) is 5.79. The van der Waals surface area contributed by atoms with Gasteiger partial charge in [-0.15, -0.1) is 0 Å². The van der Waals surface area contributed by atoms with Gasteiger partial charge in [-0.2, -0.15) is 0 Å². The van der Waals surface area contributed by atoms with Crippen LogP contribution in [0.1, 0.15) is 24.0 Å². The van der Waals surface area contributed by atoms with Crippen LogP contribution in [0.4, 0.5) is 4.39 Å². The molecule has 0 atom stereocenters. The van der Waals surface area contributed by atoms with Crippen LogP contribution in [0, 0.1) is 11.7 Å². The molecule has 0 bridgehead atoms. The van der Waals surface area contributed by atoms with E-state index in [4.69, 9.17) is 22.7 Å². The molecule has 2 N–H and O–H groups in total. The molecule has 0 radical (unpaired) electrons. The molecule has 0 amide bonds. The fraction of sp³-hybridized carbons (Fsp3) is 0.533. The highest BCUT2D eigenvalue weighted by molar-refractivity contribution is 7.80. The number of rotatable bonds is 5. The maximum Gasteiger partial charge on any atom is 0.127 e. The number of hydrogen-bond donors (Lipinski definition) is 1. The number of nitrogens with two attached hydrogens (primary N) is 1. The molecule has 1 aliphatic heterocycles. The number of methoxy groups -OCH3 is 1. The van der Waals surface area contributed by atoms with E-state index in [2.05, 4.69) is 4.90 Å². The number of halogens is 1. The molecule has 0 spiro atoms. The van der Waals surface area contributed by atoms with Gasteiger partial charge >= 0.3 is 0 Å². The first-order valence-electron chi connectivity index (χ1n) is 6.89. The highest BCUT2D eigenvalue weighted by Crippen LogP contribution is 2.20. The van der Waals surface area contributed by atoms with E-state index in [-0.39, 0.29) is 5.82 Å². The van der Waals surface area contributed by atoms with Gasteiger partial charge in [-0.1, -0.05) is 12.2 Å². The van der Waals surface area contributed by atoms with Crippen LogP contribution in [-0.2, 0) is 11.3 Å². The Hall–Kier alpha value is -1.04. The Kier molecular flexibility index (Phi) is 5.46. The minimum Gasteiger partial charge on any atom is -0.389 e. The van der Waals surface area contributed by atoms with Crippen molar-refractivity contribution in [2.24, 2.45) is 11.7 Å². The Balaban J connectivity index is 1.97. The van der Waals surface area contributed by atoms with Gasteiger partial charge in [-0.25, -0.2) is 4.39 Å². The summed E-state index contributed by atoms with van der Waals surface area (Å²) >= 11 is 4.94. The fourth-order valence-corrected chi connectivity index (χ4v) is 2.76. The fourth-order valence-electron chi connectivity index (χ4n) is 2.64. The van der Waals surface area contributed by atoms with Crippen LogP contribution in [0.15, 0.2) is 18.2 Å². The van der Waals surface area contributed by atoms with Crippen LogP contribution >= 0.6 is 12.2 Å². The van der Waals surface area contributed by atoms with Gasteiger partial charge in [0.25, 0.3) is 0 Å². The molecule has 1 fully saturated rings. The molecular formula is C15H21FN2OS. The molecule has 0 aliphatic carbocycles. The molecule has 2 rings (SSSR count). The quantitative estimate of drug-likeness (QED) is 0.846. The molecule has 3 nitrogen and oxygen atoms in total. The molecule has 1 aromatic rings. The maximum absolute atomic E-state index is 13.9. The first kappa shape index (κ1) is 15.4. The zero-order valence-electron chi connectivity index (χ0n) is 11.8. The van der Waals surface area contributed by atoms with Gasteiger partial charge in [0, 0.05) is 31.4 Å². The molecule has 20 heavy (non-hydrogen) atoms. The standard InChI is InChI=1S/C15H21FN2OS/c1-19-10-11-4-6-18(7-5-11)9-13-8-12(15(17)20)2-3-14(13)16/h2-3,8,11H,4-7,9-10H2,1H3,(H2,17,20). The normalized spacial score (nSPS) is 17.3. The number of likely N-dealkylation sites (tertiary alicyclic amines) is 1. The molecular weight excluding hydrogens is 275 g/mol. The smallest absolute Gasteiger partial charge is 0.127 e. The summed E-state index contributed by atoms with van der Waals surface area (Å²) in [5, 5.41) is 0. The van der Waals surface area contributed by atoms with Crippen LogP contribution in [0.25, 0.3) is 0 Å². The van der Waals surface area contributed by atoms with Gasteiger partial charge in [-0.3, -0.25) is 4.90 Å². The van der Waals surface area contributed by atoms with Crippen molar-refractivity contribution in [3.63, 3.8) is 0 Å². The number of thiocarbonyl (C=S) groups is 1. The minimum absolute atomic E-state index is 0.191. The molecule has 1 heterocycles. The molecule has 1 aromatic carbocycles. The monoisotopic (exact) mass is 296 g/mol. The Morgan fingerprint density at radius 1 is 1.45 bits per heavy atom. The lowest BCUT2D eigenvalue weighted by Gasteiger charge is -2.31. The van der Waals surface area contributed by atoms with E-state index in [0.29, 0.717) is 23.0 Å². The van der Waals surface area contributed by atoms with Crippen molar-refractivity contribution in [3.05, 3.63) is 35.1 Å². The summed E-state index contributed by atoms with van der Waals surface area (Å²) in [6.07, 6.45) is 2.20. The maximum atomic E-state index is 13.9. The summed E-state index contributed by atoms with van der Waals surface area (Å²) in [5.74, 6) is 0.438. The zero-order valence-corrected chi connectivity index (χ0v) is 12.6. The second-order valence-electron chi connectivity index (χ2n) is 5.35. The SMILES string of the molecule is COCC1CCN(Cc2cc(C(N)=S)ccc2F)CC1. The van der Waals surface area contributed by atoms with Crippen molar-refractivity contribution in [2.45, 2.75) is 19.4 Å². The van der Waals surface area contributed by atoms with Crippen molar-refractivity contribution in [1.29, 1.82) is 0 Å². The molecule has 0 unspecified atom stereocenters. The summed E-state index contributed by atoms with van der Waals surface area (Å²) in [6.45, 7) is 3.39. The summed E-state index contributed by atoms with van der Waals surface area (Å²) in [4.78, 5) is 2.58. The topological polar surface area (TPSA) is 38.5 Å². The van der Waals surface area contributed by atoms with Gasteiger partial charge in [0.1, 0.15) is 10.8 Å². The number of hydrogen-bond acceptors (Lipinski definition) is 3. The minimum atomic E-state index is -0.191. The van der Waals surface area contributed by atoms with E-state index in [9.17, 15) is 4.39 Å². The number of piperidine rings is 1. The van der Waals surface area contributed by atoms with Crippen LogP contribution in [0.5, 0.6) is 0 Å². The highest BCUT2D eigenvalue weighted by atomic mass is 32.1. The largest absolute Gasteiger partial charge is 0.389 e. The molecule has 1 saturated heterocycles. The van der Waals surface area contributed by atoms with Gasteiger partial charge in [0.15, 0.2) is 0 Å². The third-order valence-corrected chi connectivity index (χ3v) is 4.07. The highest BCUT2D eigenvalue weighted by Gasteiger charge is 2.20. The Morgan fingerprint density at radius 2 is 2.15 bits per heavy atom. The molecule has 110 valence electrons. The molecule has 0 saturated carbocycles. The van der Waals surface area contributed by atoms with Crippen molar-refractivity contribution in [3.8, 4) is 0 Å². The number of benzene rings is 1. The number of nitrogens with zero attached hydrogens (tertiary/aromatic N) is 1. The van der Waals surface area contributed by atoms with Gasteiger partial charge in [0.05, 0.1) is 0 Å². The van der Waals surface area contributed by atoms with Crippen molar-refractivity contribution < 1.29 is 9.13 Å². The Morgan fingerprint density at radius 3 is 2.75 bits per heavy atom. The van der Waals surface area contributed by atoms with E-state index in [1.807, 2.05) is 0 Å². The first-order valence-corrected chi connectivity index (χ1v) is 7.30. The molecule has 0 aromatic heterocycles. The Bertz CT molecular complexity index is 473. The van der Waals surface area contributed by atoms with E-state index in [1.165, 1.54) is 6.07 Å². The average Bonchev–Trinajstić information content (AvgIpc) is 2.43. The lowest BCUT2D eigenvalue weighted by molar-refractivity contribution is 0.0964. The predicted octanol–water partition coefficient (Wildman–Crippen LogP) is 2.32. The first-order chi connectivity index (χ1) is 9.60. The van der Waals surface area contributed by atoms with Crippen molar-refractivity contribution in [1.82, 2.24) is 4.90 Å². The lowest BCUT2D eigenvalue weighted by Crippen LogP contribution is -2.34. The second kappa shape index (κ2) is 7.11. The van der Waals surface area contributed by atoms with Gasteiger partial charge in [0.2, 0.25) is 0 Å². The predicted molar refractivity (Wildman–Crippen MR) is 82.2 cm³/mol. The summed E-state index contributed by atoms with van der Waals surface area (Å²) in [5.41, 5.74) is 6.99.